The van der Waals surface area contributed by atoms with Crippen molar-refractivity contribution in [3.8, 4) is 0 Å². The predicted molar refractivity (Wildman–Crippen MR) is 88.3 cm³/mol. The number of hydrogen-bond acceptors (Lipinski definition) is 2. The summed E-state index contributed by atoms with van der Waals surface area (Å²) in [6.45, 7) is 10.7. The Kier molecular flexibility index (Phi) is 3.36. The average molecular weight is 298 g/mol. The fraction of sp³-hybridized carbons (Fsp3) is 0.600. The van der Waals surface area contributed by atoms with Crippen molar-refractivity contribution in [3.63, 3.8) is 0 Å². The molecule has 22 heavy (non-hydrogen) atoms. The minimum absolute atomic E-state index is 0.0592. The van der Waals surface area contributed by atoms with Crippen LogP contribution in [0.4, 0.5) is 0 Å². The maximum Gasteiger partial charge on any atom is 0.189 e. The summed E-state index contributed by atoms with van der Waals surface area (Å²) in [5, 5.41) is 0. The van der Waals surface area contributed by atoms with E-state index in [0.717, 1.165) is 18.4 Å². The summed E-state index contributed by atoms with van der Waals surface area (Å²) in [4.78, 5) is 25.6. The van der Waals surface area contributed by atoms with Gasteiger partial charge in [-0.05, 0) is 36.2 Å². The molecule has 0 saturated heterocycles. The number of hydrogen-bond donors (Lipinski definition) is 0. The quantitative estimate of drug-likeness (QED) is 0.672. The highest BCUT2D eigenvalue weighted by molar-refractivity contribution is 6.24. The Morgan fingerprint density at radius 1 is 1.14 bits per heavy atom. The highest BCUT2D eigenvalue weighted by atomic mass is 16.1. The molecule has 0 heterocycles. The van der Waals surface area contributed by atoms with E-state index in [4.69, 9.17) is 0 Å². The average Bonchev–Trinajstić information content (AvgIpc) is 2.40. The Labute approximate surface area is 133 Å². The number of allylic oxidation sites excluding steroid dienone is 6. The molecule has 3 rings (SSSR count). The van der Waals surface area contributed by atoms with Crippen LogP contribution in [0.5, 0.6) is 0 Å². The maximum absolute atomic E-state index is 12.8. The summed E-state index contributed by atoms with van der Waals surface area (Å²) in [7, 11) is 0. The SMILES string of the molecule is CC(C)C1=CC(=O)C2=C(C=C[C@H]3C(C)(C)CCC[C@]23C)C1=O. The number of carbonyl (C=O) groups excluding carboxylic acids is 2. The van der Waals surface area contributed by atoms with Gasteiger partial charge in [0.25, 0.3) is 0 Å². The lowest BCUT2D eigenvalue weighted by atomic mass is 9.50. The van der Waals surface area contributed by atoms with Crippen LogP contribution in [-0.2, 0) is 9.59 Å². The van der Waals surface area contributed by atoms with Crippen LogP contribution in [-0.4, -0.2) is 11.6 Å². The highest BCUT2D eigenvalue weighted by Gasteiger charge is 2.52. The van der Waals surface area contributed by atoms with Crippen molar-refractivity contribution in [2.45, 2.75) is 53.9 Å². The van der Waals surface area contributed by atoms with Crippen molar-refractivity contribution >= 4 is 11.6 Å². The molecule has 3 aliphatic carbocycles. The number of fused-ring (bicyclic) bond motifs is 2. The lowest BCUT2D eigenvalue weighted by Gasteiger charge is -2.52. The molecule has 0 radical (unpaired) electrons. The van der Waals surface area contributed by atoms with Crippen molar-refractivity contribution in [1.29, 1.82) is 0 Å². The summed E-state index contributed by atoms with van der Waals surface area (Å²) >= 11 is 0. The predicted octanol–water partition coefficient (Wildman–Crippen LogP) is 4.42. The molecule has 2 atom stereocenters. The van der Waals surface area contributed by atoms with Crippen molar-refractivity contribution in [3.05, 3.63) is 34.9 Å². The number of Topliss-reactive ketones (excluding diaryl/α,β-unsaturated/α-hetero) is 1. The molecule has 2 heteroatoms. The second-order valence-corrected chi connectivity index (χ2v) is 8.33. The van der Waals surface area contributed by atoms with Crippen LogP contribution in [0.1, 0.15) is 53.9 Å². The summed E-state index contributed by atoms with van der Waals surface area (Å²) in [6.07, 6.45) is 9.03. The van der Waals surface area contributed by atoms with Crippen molar-refractivity contribution in [1.82, 2.24) is 0 Å². The van der Waals surface area contributed by atoms with Gasteiger partial charge in [0.05, 0.1) is 0 Å². The van der Waals surface area contributed by atoms with Crippen LogP contribution < -0.4 is 0 Å². The van der Waals surface area contributed by atoms with Gasteiger partial charge in [0.1, 0.15) is 0 Å². The van der Waals surface area contributed by atoms with Crippen LogP contribution in [0.3, 0.4) is 0 Å². The summed E-state index contributed by atoms with van der Waals surface area (Å²) < 4.78 is 0. The Balaban J connectivity index is 2.13. The van der Waals surface area contributed by atoms with E-state index in [0.29, 0.717) is 17.1 Å². The molecule has 0 amide bonds. The fourth-order valence-electron chi connectivity index (χ4n) is 4.89. The van der Waals surface area contributed by atoms with Crippen molar-refractivity contribution < 1.29 is 9.59 Å². The summed E-state index contributed by atoms with van der Waals surface area (Å²) in [6, 6.07) is 0. The second kappa shape index (κ2) is 4.78. The third-order valence-corrected chi connectivity index (χ3v) is 6.00. The van der Waals surface area contributed by atoms with Gasteiger partial charge in [0.2, 0.25) is 0 Å². The van der Waals surface area contributed by atoms with E-state index in [1.54, 1.807) is 6.08 Å². The van der Waals surface area contributed by atoms with Gasteiger partial charge in [-0.3, -0.25) is 9.59 Å². The first-order valence-corrected chi connectivity index (χ1v) is 8.42. The van der Waals surface area contributed by atoms with E-state index in [1.807, 2.05) is 19.9 Å². The Morgan fingerprint density at radius 2 is 1.82 bits per heavy atom. The van der Waals surface area contributed by atoms with Crippen molar-refractivity contribution in [2.24, 2.45) is 22.7 Å². The molecule has 3 aliphatic rings. The maximum atomic E-state index is 12.8. The largest absolute Gasteiger partial charge is 0.290 e. The molecular weight excluding hydrogens is 272 g/mol. The summed E-state index contributed by atoms with van der Waals surface area (Å²) in [5.74, 6) is 0.544. The molecule has 0 spiro atoms. The van der Waals surface area contributed by atoms with E-state index in [9.17, 15) is 9.59 Å². The minimum atomic E-state index is -0.197. The molecule has 0 aliphatic heterocycles. The molecule has 0 aromatic rings. The van der Waals surface area contributed by atoms with E-state index in [-0.39, 0.29) is 28.3 Å². The molecule has 0 aromatic carbocycles. The Hall–Kier alpha value is -1.44. The van der Waals surface area contributed by atoms with E-state index >= 15 is 0 Å². The number of ketones is 2. The lowest BCUT2D eigenvalue weighted by molar-refractivity contribution is -0.117. The summed E-state index contributed by atoms with van der Waals surface area (Å²) in [5.41, 5.74) is 2.07. The zero-order valence-electron chi connectivity index (χ0n) is 14.3. The standard InChI is InChI=1S/C20H26O2/c1-12(2)14-11-15(21)17-13(18(14)22)7-8-16-19(3,4)9-6-10-20(16,17)5/h7-8,11-12,16H,6,9-10H2,1-5H3/t16-,20-/m0/s1. The molecule has 118 valence electrons. The first kappa shape index (κ1) is 15.5. The molecule has 2 nitrogen and oxygen atoms in total. The minimum Gasteiger partial charge on any atom is -0.290 e. The van der Waals surface area contributed by atoms with Gasteiger partial charge in [-0.15, -0.1) is 0 Å². The van der Waals surface area contributed by atoms with Gasteiger partial charge in [-0.25, -0.2) is 0 Å². The van der Waals surface area contributed by atoms with Gasteiger partial charge in [-0.1, -0.05) is 53.2 Å². The molecule has 1 saturated carbocycles. The van der Waals surface area contributed by atoms with E-state index in [2.05, 4.69) is 26.8 Å². The second-order valence-electron chi connectivity index (χ2n) is 8.33. The molecule has 1 fully saturated rings. The lowest BCUT2D eigenvalue weighted by Crippen LogP contribution is -2.46. The molecule has 0 N–H and O–H groups in total. The first-order chi connectivity index (χ1) is 10.2. The van der Waals surface area contributed by atoms with Crippen molar-refractivity contribution in [2.75, 3.05) is 0 Å². The van der Waals surface area contributed by atoms with E-state index in [1.165, 1.54) is 6.42 Å². The first-order valence-electron chi connectivity index (χ1n) is 8.42. The van der Waals surface area contributed by atoms with Gasteiger partial charge in [0, 0.05) is 22.1 Å². The fourth-order valence-corrected chi connectivity index (χ4v) is 4.89. The monoisotopic (exact) mass is 298 g/mol. The normalized spacial score (nSPS) is 33.7. The molecule has 0 aromatic heterocycles. The molecule has 0 unspecified atom stereocenters. The Morgan fingerprint density at radius 3 is 2.45 bits per heavy atom. The van der Waals surface area contributed by atoms with Crippen LogP contribution in [0.15, 0.2) is 34.9 Å². The van der Waals surface area contributed by atoms with Gasteiger partial charge in [-0.2, -0.15) is 0 Å². The number of carbonyl (C=O) groups is 2. The molecule has 0 bridgehead atoms. The molecular formula is C20H26O2. The van der Waals surface area contributed by atoms with Crippen LogP contribution in [0, 0.1) is 22.7 Å². The van der Waals surface area contributed by atoms with E-state index < -0.39 is 0 Å². The topological polar surface area (TPSA) is 34.1 Å². The highest BCUT2D eigenvalue weighted by Crippen LogP contribution is 2.58. The van der Waals surface area contributed by atoms with Crippen LogP contribution in [0.25, 0.3) is 0 Å². The smallest absolute Gasteiger partial charge is 0.189 e. The van der Waals surface area contributed by atoms with Crippen LogP contribution in [0.2, 0.25) is 0 Å². The Bertz CT molecular complexity index is 643. The van der Waals surface area contributed by atoms with Gasteiger partial charge >= 0.3 is 0 Å². The van der Waals surface area contributed by atoms with Gasteiger partial charge < -0.3 is 0 Å². The zero-order chi connectivity index (χ0) is 16.3. The van der Waals surface area contributed by atoms with Gasteiger partial charge in [0.15, 0.2) is 11.6 Å². The third kappa shape index (κ3) is 2.00. The third-order valence-electron chi connectivity index (χ3n) is 6.00. The number of rotatable bonds is 1. The van der Waals surface area contributed by atoms with Crippen LogP contribution >= 0.6 is 0 Å². The zero-order valence-corrected chi connectivity index (χ0v) is 14.3.